The fourth-order valence-electron chi connectivity index (χ4n) is 2.51. The Morgan fingerprint density at radius 3 is 2.33 bits per heavy atom. The number of hydrogen-bond acceptors (Lipinski definition) is 4. The molecule has 2 amide bonds. The molecule has 0 saturated carbocycles. The Morgan fingerprint density at radius 2 is 1.71 bits per heavy atom. The zero-order valence-electron chi connectivity index (χ0n) is 12.8. The molecule has 2 aromatic rings. The number of rotatable bonds is 4. The number of anilines is 1. The molecular weight excluding hydrogens is 313 g/mol. The molecule has 0 unspecified atom stereocenters. The number of carbonyl (C=O) groups is 2. The summed E-state index contributed by atoms with van der Waals surface area (Å²) in [7, 11) is 0. The first-order chi connectivity index (χ1) is 11.5. The van der Waals surface area contributed by atoms with Gasteiger partial charge in [0.15, 0.2) is 5.76 Å². The summed E-state index contributed by atoms with van der Waals surface area (Å²) in [5.41, 5.74) is -0.000527. The maximum absolute atomic E-state index is 13.9. The molecule has 2 aromatic carbocycles. The average Bonchev–Trinajstić information content (AvgIpc) is 2.79. The lowest BCUT2D eigenvalue weighted by Gasteiger charge is -2.15. The Balaban J connectivity index is 1.99. The fraction of sp³-hybridized carbons (Fsp3) is 0.111. The molecule has 0 aromatic heterocycles. The number of carbonyl (C=O) groups excluding carboxylic acids is 2. The van der Waals surface area contributed by atoms with Crippen LogP contribution in [0.5, 0.6) is 5.75 Å². The second-order valence-corrected chi connectivity index (χ2v) is 5.08. The van der Waals surface area contributed by atoms with Crippen LogP contribution >= 0.6 is 0 Å². The van der Waals surface area contributed by atoms with Crippen molar-refractivity contribution in [3.05, 3.63) is 65.7 Å². The number of halogens is 1. The minimum atomic E-state index is -0.950. The lowest BCUT2D eigenvalue weighted by atomic mass is 10.1. The van der Waals surface area contributed by atoms with E-state index in [-0.39, 0.29) is 11.3 Å². The molecule has 1 heterocycles. The monoisotopic (exact) mass is 327 g/mol. The summed E-state index contributed by atoms with van der Waals surface area (Å²) in [6.07, 6.45) is 0. The molecule has 1 aliphatic rings. The van der Waals surface area contributed by atoms with Crippen LogP contribution in [0.4, 0.5) is 10.1 Å². The van der Waals surface area contributed by atoms with Gasteiger partial charge in [0.25, 0.3) is 5.91 Å². The van der Waals surface area contributed by atoms with Gasteiger partial charge in [0.1, 0.15) is 11.6 Å². The van der Waals surface area contributed by atoms with E-state index < -0.39 is 23.4 Å². The van der Waals surface area contributed by atoms with Gasteiger partial charge in [0.2, 0.25) is 0 Å². The van der Waals surface area contributed by atoms with E-state index in [0.717, 1.165) is 6.07 Å². The number of hydrogen-bond donors (Lipinski definition) is 1. The van der Waals surface area contributed by atoms with Gasteiger partial charge < -0.3 is 9.84 Å². The van der Waals surface area contributed by atoms with E-state index in [2.05, 4.69) is 0 Å². The third-order valence-electron chi connectivity index (χ3n) is 3.61. The van der Waals surface area contributed by atoms with Crippen molar-refractivity contribution in [3.8, 4) is 5.75 Å². The zero-order chi connectivity index (χ0) is 17.3. The molecule has 0 spiro atoms. The standard InChI is InChI=1S/C18H14FNO4/c1-2-24-12-9-7-11(8-10-12)15-16(21)18(23)20(17(15)22)14-6-4-3-5-13(14)19/h3-10,21H,2H2,1H3. The van der Waals surface area contributed by atoms with Crippen molar-refractivity contribution in [1.82, 2.24) is 0 Å². The van der Waals surface area contributed by atoms with Gasteiger partial charge in [-0.2, -0.15) is 0 Å². The highest BCUT2D eigenvalue weighted by atomic mass is 19.1. The van der Waals surface area contributed by atoms with Crippen LogP contribution in [0.15, 0.2) is 54.3 Å². The Labute approximate surface area is 137 Å². The number of aliphatic hydroxyl groups excluding tert-OH is 1. The molecular formula is C18H14FNO4. The molecule has 0 radical (unpaired) electrons. The SMILES string of the molecule is CCOc1ccc(C2=C(O)C(=O)N(c3ccccc3F)C2=O)cc1. The van der Waals surface area contributed by atoms with Crippen molar-refractivity contribution in [2.75, 3.05) is 11.5 Å². The third kappa shape index (κ3) is 2.52. The molecule has 0 bridgehead atoms. The molecule has 0 saturated heterocycles. The van der Waals surface area contributed by atoms with Crippen molar-refractivity contribution in [3.63, 3.8) is 0 Å². The smallest absolute Gasteiger partial charge is 0.301 e. The maximum atomic E-state index is 13.9. The van der Waals surface area contributed by atoms with Gasteiger partial charge in [0.05, 0.1) is 17.9 Å². The van der Waals surface area contributed by atoms with Crippen LogP contribution in [-0.2, 0) is 9.59 Å². The van der Waals surface area contributed by atoms with Gasteiger partial charge in [0, 0.05) is 0 Å². The van der Waals surface area contributed by atoms with E-state index >= 15 is 0 Å². The first kappa shape index (κ1) is 15.7. The van der Waals surface area contributed by atoms with Gasteiger partial charge in [-0.1, -0.05) is 24.3 Å². The van der Waals surface area contributed by atoms with Crippen LogP contribution in [0, 0.1) is 5.82 Å². The summed E-state index contributed by atoms with van der Waals surface area (Å²) in [5.74, 6) is -2.54. The number of benzene rings is 2. The second kappa shape index (κ2) is 6.16. The van der Waals surface area contributed by atoms with Gasteiger partial charge >= 0.3 is 5.91 Å². The summed E-state index contributed by atoms with van der Waals surface area (Å²) in [5, 5.41) is 10.1. The molecule has 122 valence electrons. The van der Waals surface area contributed by atoms with E-state index in [1.165, 1.54) is 18.2 Å². The van der Waals surface area contributed by atoms with E-state index in [9.17, 15) is 19.1 Å². The summed E-state index contributed by atoms with van der Waals surface area (Å²) in [6, 6.07) is 11.8. The van der Waals surface area contributed by atoms with E-state index in [1.807, 2.05) is 6.92 Å². The predicted octanol–water partition coefficient (Wildman–Crippen LogP) is 3.07. The van der Waals surface area contributed by atoms with Crippen molar-refractivity contribution in [1.29, 1.82) is 0 Å². The highest BCUT2D eigenvalue weighted by Crippen LogP contribution is 2.33. The lowest BCUT2D eigenvalue weighted by molar-refractivity contribution is -0.121. The van der Waals surface area contributed by atoms with E-state index in [4.69, 9.17) is 4.74 Å². The molecule has 0 aliphatic carbocycles. The fourth-order valence-corrected chi connectivity index (χ4v) is 2.51. The molecule has 5 nitrogen and oxygen atoms in total. The Kier molecular flexibility index (Phi) is 4.04. The Morgan fingerprint density at radius 1 is 1.04 bits per heavy atom. The third-order valence-corrected chi connectivity index (χ3v) is 3.61. The van der Waals surface area contributed by atoms with Crippen LogP contribution in [0.1, 0.15) is 12.5 Å². The van der Waals surface area contributed by atoms with Crippen molar-refractivity contribution in [2.24, 2.45) is 0 Å². The number of imide groups is 1. The average molecular weight is 327 g/mol. The van der Waals surface area contributed by atoms with E-state index in [0.29, 0.717) is 22.8 Å². The molecule has 24 heavy (non-hydrogen) atoms. The van der Waals surface area contributed by atoms with Crippen LogP contribution in [-0.4, -0.2) is 23.5 Å². The number of aliphatic hydroxyl groups is 1. The lowest BCUT2D eigenvalue weighted by Crippen LogP contribution is -2.32. The summed E-state index contributed by atoms with van der Waals surface area (Å²) in [6.45, 7) is 2.33. The topological polar surface area (TPSA) is 66.8 Å². The molecule has 0 atom stereocenters. The molecule has 1 aliphatic heterocycles. The molecule has 1 N–H and O–H groups in total. The summed E-state index contributed by atoms with van der Waals surface area (Å²) in [4.78, 5) is 25.4. The van der Waals surface area contributed by atoms with Crippen molar-refractivity contribution in [2.45, 2.75) is 6.92 Å². The molecule has 6 heteroatoms. The Bertz CT molecular complexity index is 842. The molecule has 3 rings (SSSR count). The number of para-hydroxylation sites is 1. The highest BCUT2D eigenvalue weighted by Gasteiger charge is 2.41. The van der Waals surface area contributed by atoms with Crippen molar-refractivity contribution < 1.29 is 23.8 Å². The number of amides is 2. The van der Waals surface area contributed by atoms with Crippen LogP contribution < -0.4 is 9.64 Å². The van der Waals surface area contributed by atoms with Crippen molar-refractivity contribution >= 4 is 23.1 Å². The highest BCUT2D eigenvalue weighted by molar-refractivity contribution is 6.44. The minimum Gasteiger partial charge on any atom is -0.502 e. The normalized spacial score (nSPS) is 14.5. The number of ether oxygens (including phenoxy) is 1. The van der Waals surface area contributed by atoms with Gasteiger partial charge in [-0.05, 0) is 36.8 Å². The summed E-state index contributed by atoms with van der Waals surface area (Å²) >= 11 is 0. The Hall–Kier alpha value is -3.15. The van der Waals surface area contributed by atoms with Crippen LogP contribution in [0.3, 0.4) is 0 Å². The van der Waals surface area contributed by atoms with Gasteiger partial charge in [-0.25, -0.2) is 9.29 Å². The zero-order valence-corrected chi connectivity index (χ0v) is 12.8. The van der Waals surface area contributed by atoms with Gasteiger partial charge in [-0.15, -0.1) is 0 Å². The number of nitrogens with zero attached hydrogens (tertiary/aromatic N) is 1. The maximum Gasteiger partial charge on any atom is 0.301 e. The quantitative estimate of drug-likeness (QED) is 0.877. The minimum absolute atomic E-state index is 0.161. The largest absolute Gasteiger partial charge is 0.502 e. The van der Waals surface area contributed by atoms with E-state index in [1.54, 1.807) is 24.3 Å². The summed E-state index contributed by atoms with van der Waals surface area (Å²) < 4.78 is 19.2. The first-order valence-electron chi connectivity index (χ1n) is 7.34. The first-order valence-corrected chi connectivity index (χ1v) is 7.34. The molecule has 0 fully saturated rings. The van der Waals surface area contributed by atoms with Gasteiger partial charge in [-0.3, -0.25) is 9.59 Å². The van der Waals surface area contributed by atoms with Crippen LogP contribution in [0.2, 0.25) is 0 Å². The second-order valence-electron chi connectivity index (χ2n) is 5.08. The van der Waals surface area contributed by atoms with Crippen LogP contribution in [0.25, 0.3) is 5.57 Å². The predicted molar refractivity (Wildman–Crippen MR) is 86.1 cm³/mol.